The van der Waals surface area contributed by atoms with E-state index in [1.165, 1.54) is 11.3 Å². The minimum Gasteiger partial charge on any atom is -0.391 e. The molecular formula is C21H25ClIN5O3S. The zero-order chi connectivity index (χ0) is 22.8. The van der Waals surface area contributed by atoms with Crippen molar-refractivity contribution in [2.45, 2.75) is 52.2 Å². The highest BCUT2D eigenvalue weighted by molar-refractivity contribution is 14.1. The number of ether oxygens (including phenoxy) is 1. The van der Waals surface area contributed by atoms with Gasteiger partial charge in [0.1, 0.15) is 11.4 Å². The quantitative estimate of drug-likeness (QED) is 0.399. The van der Waals surface area contributed by atoms with Gasteiger partial charge in [-0.2, -0.15) is 0 Å². The van der Waals surface area contributed by atoms with E-state index in [4.69, 9.17) is 20.9 Å². The number of halogens is 2. The number of nitrogens with zero attached hydrogens (tertiary/aromatic N) is 4. The molecule has 0 radical (unpaired) electrons. The monoisotopic (exact) mass is 589 g/mol. The summed E-state index contributed by atoms with van der Waals surface area (Å²) in [6.45, 7) is 8.53. The van der Waals surface area contributed by atoms with Crippen LogP contribution >= 0.6 is 45.5 Å². The molecule has 8 nitrogen and oxygen atoms in total. The molecule has 1 fully saturated rings. The van der Waals surface area contributed by atoms with Crippen LogP contribution in [-0.2, 0) is 6.54 Å². The average Bonchev–Trinajstić information content (AvgIpc) is 3.44. The predicted octanol–water partition coefficient (Wildman–Crippen LogP) is 5.18. The van der Waals surface area contributed by atoms with Gasteiger partial charge in [0.05, 0.1) is 15.8 Å². The molecule has 1 aliphatic heterocycles. The lowest BCUT2D eigenvalue weighted by atomic mass is 10.0. The third-order valence-corrected chi connectivity index (χ3v) is 7.57. The minimum absolute atomic E-state index is 0.115. The summed E-state index contributed by atoms with van der Waals surface area (Å²) in [5.74, 6) is 1.06. The number of likely N-dealkylation sites (tertiary alicyclic amines) is 1. The SMILES string of the molecule is Cc1nc(I)n(Cc2cc(-c3ccc(Cl)s3)on2)c1OC(=O)NC1CCN(C(C)C)CC1. The fourth-order valence-corrected chi connectivity index (χ4v) is 5.49. The van der Waals surface area contributed by atoms with Gasteiger partial charge in [0, 0.05) is 53.8 Å². The van der Waals surface area contributed by atoms with Crippen molar-refractivity contribution in [2.24, 2.45) is 0 Å². The van der Waals surface area contributed by atoms with Crippen molar-refractivity contribution in [3.8, 4) is 16.5 Å². The first-order valence-corrected chi connectivity index (χ1v) is 12.7. The van der Waals surface area contributed by atoms with Crippen LogP contribution < -0.4 is 10.1 Å². The highest BCUT2D eigenvalue weighted by Gasteiger charge is 2.24. The van der Waals surface area contributed by atoms with Crippen LogP contribution in [0.2, 0.25) is 4.34 Å². The Morgan fingerprint density at radius 3 is 2.81 bits per heavy atom. The number of aryl methyl sites for hydroxylation is 1. The number of imidazole rings is 1. The lowest BCUT2D eigenvalue weighted by Gasteiger charge is -2.34. The van der Waals surface area contributed by atoms with Crippen LogP contribution in [0.4, 0.5) is 4.79 Å². The normalized spacial score (nSPS) is 15.4. The number of carbonyl (C=O) groups is 1. The molecule has 0 spiro atoms. The van der Waals surface area contributed by atoms with Crippen LogP contribution in [0.5, 0.6) is 5.88 Å². The van der Waals surface area contributed by atoms with Crippen molar-refractivity contribution in [1.82, 2.24) is 24.9 Å². The second-order valence-corrected chi connectivity index (χ2v) is 10.8. The van der Waals surface area contributed by atoms with Crippen LogP contribution in [-0.4, -0.2) is 50.9 Å². The molecule has 32 heavy (non-hydrogen) atoms. The minimum atomic E-state index is -0.456. The lowest BCUT2D eigenvalue weighted by Crippen LogP contribution is -2.47. The Morgan fingerprint density at radius 1 is 1.41 bits per heavy atom. The van der Waals surface area contributed by atoms with Gasteiger partial charge in [-0.3, -0.25) is 4.57 Å². The van der Waals surface area contributed by atoms with Gasteiger partial charge in [0.25, 0.3) is 0 Å². The van der Waals surface area contributed by atoms with Crippen LogP contribution in [0, 0.1) is 10.8 Å². The van der Waals surface area contributed by atoms with Gasteiger partial charge in [-0.25, -0.2) is 9.78 Å². The number of nitrogens with one attached hydrogen (secondary N) is 1. The zero-order valence-corrected chi connectivity index (χ0v) is 21.8. The fourth-order valence-electron chi connectivity index (χ4n) is 3.75. The molecule has 1 N–H and O–H groups in total. The molecule has 11 heteroatoms. The predicted molar refractivity (Wildman–Crippen MR) is 132 cm³/mol. The molecule has 3 aromatic rings. The van der Waals surface area contributed by atoms with E-state index in [9.17, 15) is 4.79 Å². The molecule has 0 saturated carbocycles. The summed E-state index contributed by atoms with van der Waals surface area (Å²) >= 11 is 9.57. The largest absolute Gasteiger partial charge is 0.414 e. The molecular weight excluding hydrogens is 565 g/mol. The second-order valence-electron chi connectivity index (χ2n) is 8.08. The smallest absolute Gasteiger partial charge is 0.391 e. The standard InChI is InChI=1S/C21H25ClIN5O3S/c1-12(2)27-8-6-14(7-9-27)25-21(29)30-19-13(3)24-20(23)28(19)11-15-10-16(31-26-15)17-4-5-18(22)32-17/h4-5,10,12,14H,6-9,11H2,1-3H3,(H,25,29). The summed E-state index contributed by atoms with van der Waals surface area (Å²) in [5.41, 5.74) is 1.35. The number of aromatic nitrogens is 3. The van der Waals surface area contributed by atoms with Crippen LogP contribution in [0.1, 0.15) is 38.1 Å². The molecule has 1 saturated heterocycles. The highest BCUT2D eigenvalue weighted by atomic mass is 127. The first-order valence-electron chi connectivity index (χ1n) is 10.5. The maximum Gasteiger partial charge on any atom is 0.414 e. The highest BCUT2D eigenvalue weighted by Crippen LogP contribution is 2.32. The summed E-state index contributed by atoms with van der Waals surface area (Å²) in [7, 11) is 0. The molecule has 3 aromatic heterocycles. The van der Waals surface area contributed by atoms with E-state index in [1.54, 1.807) is 0 Å². The molecule has 0 atom stereocenters. The van der Waals surface area contributed by atoms with E-state index >= 15 is 0 Å². The number of thiophene rings is 1. The first-order chi connectivity index (χ1) is 15.3. The van der Waals surface area contributed by atoms with E-state index in [2.05, 4.69) is 56.8 Å². The molecule has 0 unspecified atom stereocenters. The number of hydrogen-bond donors (Lipinski definition) is 1. The van der Waals surface area contributed by atoms with Crippen LogP contribution in [0.25, 0.3) is 10.6 Å². The summed E-state index contributed by atoms with van der Waals surface area (Å²) < 4.78 is 14.4. The molecule has 0 bridgehead atoms. The van der Waals surface area contributed by atoms with E-state index in [-0.39, 0.29) is 6.04 Å². The van der Waals surface area contributed by atoms with Crippen molar-refractivity contribution >= 4 is 51.6 Å². The van der Waals surface area contributed by atoms with Crippen LogP contribution in [0.15, 0.2) is 22.7 Å². The van der Waals surface area contributed by atoms with Gasteiger partial charge in [-0.1, -0.05) is 16.8 Å². The number of rotatable bonds is 6. The Balaban J connectivity index is 1.41. The maximum absolute atomic E-state index is 12.6. The van der Waals surface area contributed by atoms with E-state index in [1.807, 2.05) is 29.7 Å². The summed E-state index contributed by atoms with van der Waals surface area (Å²) in [6.07, 6.45) is 1.37. The number of hydrogen-bond acceptors (Lipinski definition) is 7. The fraction of sp³-hybridized carbons (Fsp3) is 0.476. The van der Waals surface area contributed by atoms with Crippen molar-refractivity contribution in [2.75, 3.05) is 13.1 Å². The molecule has 0 aromatic carbocycles. The molecule has 1 amide bonds. The van der Waals surface area contributed by atoms with Gasteiger partial charge in [-0.15, -0.1) is 11.3 Å². The van der Waals surface area contributed by atoms with E-state index in [0.29, 0.717) is 43.8 Å². The number of piperidine rings is 1. The lowest BCUT2D eigenvalue weighted by molar-refractivity contribution is 0.151. The third kappa shape index (κ3) is 5.46. The van der Waals surface area contributed by atoms with Gasteiger partial charge >= 0.3 is 6.09 Å². The van der Waals surface area contributed by atoms with Crippen LogP contribution in [0.3, 0.4) is 0 Å². The van der Waals surface area contributed by atoms with Gasteiger partial charge in [0.2, 0.25) is 5.88 Å². The Kier molecular flexibility index (Phi) is 7.43. The Morgan fingerprint density at radius 2 is 2.16 bits per heavy atom. The molecule has 172 valence electrons. The van der Waals surface area contributed by atoms with Gasteiger partial charge in [0.15, 0.2) is 9.59 Å². The van der Waals surface area contributed by atoms with E-state index < -0.39 is 6.09 Å². The average molecular weight is 590 g/mol. The third-order valence-electron chi connectivity index (χ3n) is 5.50. The Hall–Kier alpha value is -1.63. The number of carbonyl (C=O) groups excluding carboxylic acids is 1. The summed E-state index contributed by atoms with van der Waals surface area (Å²) in [6, 6.07) is 6.22. The topological polar surface area (TPSA) is 85.4 Å². The summed E-state index contributed by atoms with van der Waals surface area (Å²) in [4.78, 5) is 20.4. The van der Waals surface area contributed by atoms with Crippen molar-refractivity contribution < 1.29 is 14.1 Å². The molecule has 0 aliphatic carbocycles. The molecule has 1 aliphatic rings. The first kappa shape index (κ1) is 23.5. The van der Waals surface area contributed by atoms with Gasteiger partial charge in [-0.05, 0) is 45.7 Å². The maximum atomic E-state index is 12.6. The van der Waals surface area contributed by atoms with Gasteiger partial charge < -0.3 is 19.5 Å². The van der Waals surface area contributed by atoms with Crippen molar-refractivity contribution in [3.05, 3.63) is 37.8 Å². The van der Waals surface area contributed by atoms with E-state index in [0.717, 1.165) is 30.8 Å². The molecule has 4 rings (SSSR count). The Labute approximate surface area is 209 Å². The van der Waals surface area contributed by atoms with Crippen molar-refractivity contribution in [3.63, 3.8) is 0 Å². The zero-order valence-electron chi connectivity index (χ0n) is 18.1. The summed E-state index contributed by atoms with van der Waals surface area (Å²) in [5, 5.41) is 7.16. The second kappa shape index (κ2) is 10.1. The van der Waals surface area contributed by atoms with Crippen molar-refractivity contribution in [1.29, 1.82) is 0 Å². The number of amides is 1. The molecule has 4 heterocycles. The Bertz CT molecular complexity index is 1090.